The number of carbonyl (C=O) groups is 10. The van der Waals surface area contributed by atoms with E-state index in [1.807, 2.05) is 47.7 Å². The molecule has 0 bridgehead atoms. The van der Waals surface area contributed by atoms with Crippen molar-refractivity contribution in [3.05, 3.63) is 11.9 Å². The number of Topliss-reactive ketones (excluding diaryl/α,β-unsaturated/α-hetero) is 3. The van der Waals surface area contributed by atoms with Gasteiger partial charge in [0.2, 0.25) is 10.8 Å². The summed E-state index contributed by atoms with van der Waals surface area (Å²) in [4.78, 5) is 125. The molecule has 12 N–H and O–H groups in total. The van der Waals surface area contributed by atoms with Gasteiger partial charge in [-0.2, -0.15) is 0 Å². The van der Waals surface area contributed by atoms with Crippen LogP contribution in [0.1, 0.15) is 105 Å². The van der Waals surface area contributed by atoms with Crippen molar-refractivity contribution in [2.75, 3.05) is 380 Å². The third-order valence-corrected chi connectivity index (χ3v) is 22.5. The van der Waals surface area contributed by atoms with Gasteiger partial charge in [0, 0.05) is 33.3 Å². The van der Waals surface area contributed by atoms with Crippen LogP contribution in [-0.4, -0.2) is 467 Å². The van der Waals surface area contributed by atoms with Gasteiger partial charge in [0.15, 0.2) is 5.78 Å². The van der Waals surface area contributed by atoms with Gasteiger partial charge in [-0.3, -0.25) is 9.59 Å². The molecular formula is C95H180I2N15O36+. The number of hydrogen-bond donors (Lipinski definition) is 10. The van der Waals surface area contributed by atoms with E-state index in [0.29, 0.717) is 351 Å². The third kappa shape index (κ3) is 102. The first-order valence-electron chi connectivity index (χ1n) is 51.3. The molecule has 0 aliphatic carbocycles. The molecule has 0 aromatic carbocycles. The number of aryl methyl sites for hydroxylation is 1. The Balaban J connectivity index is 0. The second-order valence-electron chi connectivity index (χ2n) is 31.9. The van der Waals surface area contributed by atoms with Crippen LogP contribution in [0.2, 0.25) is 0 Å². The quantitative estimate of drug-likeness (QED) is 0.00837. The summed E-state index contributed by atoms with van der Waals surface area (Å²) in [6.45, 7) is 33.3. The minimum absolute atomic E-state index is 0.0365. The second-order valence-corrected chi connectivity index (χ2v) is 37.6. The SMILES string of the molecule is C#CCNC(=O)COC.[2H]I(CC)NC(=O)[C@H](CCCNC(N)=O)CC(=O)[C@@H](NC(=O)CCOCCOCCOCCOCCOCCOCCOCCOCCOCCOCCOCCOCCN=[N+]=N)C(C)C.[2H]I(CC)NC(=O)[C@H](CCCNC(N)=O)CC(=O)[C@@H](NC(=O)CCOCCOCCOCCOCCOCCOCCOCCOCCOCCOCCOCCOCCn1cc(CCC(=O)COC)nn1)C(C)C. The molecule has 53 heteroatoms. The van der Waals surface area contributed by atoms with Gasteiger partial charge >= 0.3 is 356 Å². The summed E-state index contributed by atoms with van der Waals surface area (Å²) >= 11 is -4.73. The Morgan fingerprint density at radius 3 is 0.946 bits per heavy atom. The summed E-state index contributed by atoms with van der Waals surface area (Å²) in [5.74, 6) is -1.56. The average molecular weight is 2360 g/mol. The van der Waals surface area contributed by atoms with Crippen LogP contribution in [0.3, 0.4) is 0 Å². The number of amides is 9. The summed E-state index contributed by atoms with van der Waals surface area (Å²) in [7, 11) is 2.95. The van der Waals surface area contributed by atoms with Crippen LogP contribution in [0.15, 0.2) is 11.3 Å². The van der Waals surface area contributed by atoms with Crippen LogP contribution in [0.5, 0.6) is 0 Å². The molecule has 0 saturated heterocycles. The van der Waals surface area contributed by atoms with E-state index in [4.69, 9.17) is 143 Å². The molecule has 0 spiro atoms. The van der Waals surface area contributed by atoms with Gasteiger partial charge in [0.1, 0.15) is 30.4 Å². The standard InChI is InChI=1S/C48H90IN7O18.C41H80IN7O16.C6H9NO2/c1-5-49-53-47(60)41(7-6-11-51-48(50)61)37-44(58)46(40(2)3)52-45(59)10-13-63-15-17-65-19-21-67-23-25-69-27-29-71-31-33-73-35-36-74-34-32-72-30-28-70-26-24-68-22-20-66-18-16-64-14-12-56-38-42(54-55-56)8-9-43(57)39-62-4;1-4-42-48-40(52)36(6-5-8-45-41(43)53)34-37(50)39(35(2)3)47-38(51)7-10-54-12-14-56-16-18-58-20-22-60-24-26-62-28-30-64-32-33-65-31-29-63-27-25-61-23-21-59-19-17-57-15-13-55-11-9-46-49-44;1-3-4-7-6(8)5-9-2/h38,40-41,46,49H,5-37,39H2,1-4H3,(H,52,59)(H,53,60)(H3,50,51,61);35-36,39,42,44H,4-34H2,1-3H3,(H4-,43,45,47,48,51,52,53);1H,4-5H2,2H3,(H,7,8)/p+1/t41-,46+;36-,39+;/m11./s1/i49D;42D;. The van der Waals surface area contributed by atoms with Crippen molar-refractivity contribution in [1.82, 2.24) is 53.5 Å². The van der Waals surface area contributed by atoms with Crippen molar-refractivity contribution in [3.8, 4) is 12.3 Å². The molecule has 1 aromatic rings. The molecule has 1 aromatic heterocycles. The number of aromatic nitrogens is 3. The Labute approximate surface area is 896 Å². The van der Waals surface area contributed by atoms with Gasteiger partial charge in [-0.1, -0.05) is 11.1 Å². The molecule has 0 aliphatic heterocycles. The molecule has 1 heterocycles. The number of primary amides is 2. The van der Waals surface area contributed by atoms with Crippen molar-refractivity contribution in [1.29, 1.82) is 6.72 Å². The Kier molecular flexibility index (Phi) is 106. The van der Waals surface area contributed by atoms with E-state index in [9.17, 15) is 47.9 Å². The fraction of sp³-hybridized carbons (Fsp3) is 0.853. The minimum atomic E-state index is -2.37. The van der Waals surface area contributed by atoms with Crippen molar-refractivity contribution >= 4 is 102 Å². The number of halogens is 2. The monoisotopic (exact) mass is 2360 g/mol. The molecule has 864 valence electrons. The number of ketones is 3. The molecule has 0 radical (unpaired) electrons. The van der Waals surface area contributed by atoms with Crippen molar-refractivity contribution in [2.24, 2.45) is 40.3 Å². The molecule has 51 nitrogen and oxygen atoms in total. The second kappa shape index (κ2) is 113. The molecule has 1 rings (SSSR count). The van der Waals surface area contributed by atoms with Crippen molar-refractivity contribution in [3.63, 3.8) is 0 Å². The Morgan fingerprint density at radius 2 is 0.689 bits per heavy atom. The first-order chi connectivity index (χ1) is 72.9. The number of nitrogens with two attached hydrogens (primary N) is 2. The van der Waals surface area contributed by atoms with E-state index in [2.05, 4.69) is 64.6 Å². The van der Waals surface area contributed by atoms with Crippen LogP contribution >= 0.6 is 42.6 Å². The van der Waals surface area contributed by atoms with Gasteiger partial charge in [-0.15, -0.1) is 11.5 Å². The summed E-state index contributed by atoms with van der Waals surface area (Å²) in [5.41, 5.74) is 17.5. The predicted molar refractivity (Wildman–Crippen MR) is 562 cm³/mol. The predicted octanol–water partition coefficient (Wildman–Crippen LogP) is 1.36. The number of urea groups is 2. The van der Waals surface area contributed by atoms with Gasteiger partial charge in [0.05, 0.1) is 309 Å². The molecular weight excluding hydrogens is 2180 g/mol. The molecule has 148 heavy (non-hydrogen) atoms. The number of nitrogens with one attached hydrogen (secondary N) is 8. The van der Waals surface area contributed by atoms with E-state index >= 15 is 0 Å². The molecule has 0 aliphatic rings. The van der Waals surface area contributed by atoms with Crippen LogP contribution in [0.4, 0.5) is 9.59 Å². The maximum atomic E-state index is 13.3. The van der Waals surface area contributed by atoms with Crippen LogP contribution in [0, 0.1) is 41.5 Å². The average Bonchev–Trinajstić information content (AvgIpc) is 1.22. The molecule has 9 amide bonds. The van der Waals surface area contributed by atoms with Crippen LogP contribution in [0.25, 0.3) is 0 Å². The van der Waals surface area contributed by atoms with E-state index in [1.165, 1.54) is 14.2 Å². The van der Waals surface area contributed by atoms with Gasteiger partial charge in [0.25, 0.3) is 0 Å². The Morgan fingerprint density at radius 1 is 0.412 bits per heavy atom. The normalized spacial score (nSPS) is 12.4. The fourth-order valence-corrected chi connectivity index (χ4v) is 14.1. The number of alkyl halides is 2. The number of hydrogen-bond acceptors (Lipinski definition) is 40. The number of methoxy groups -OCH3 is 2. The van der Waals surface area contributed by atoms with E-state index in [0.717, 1.165) is 5.69 Å². The number of nitrogens with zero attached hydrogens (tertiary/aromatic N) is 5. The van der Waals surface area contributed by atoms with Gasteiger partial charge in [-0.25, -0.2) is 4.68 Å². The van der Waals surface area contributed by atoms with Crippen molar-refractivity contribution < 1.29 is 171 Å². The zero-order valence-electron chi connectivity index (χ0n) is 90.8. The summed E-state index contributed by atoms with van der Waals surface area (Å²) < 4.78 is 166. The maximum absolute atomic E-state index is 13.3. The topological polar surface area (TPSA) is 628 Å². The number of rotatable bonds is 110. The third-order valence-electron chi connectivity index (χ3n) is 19.2. The molecule has 0 unspecified atom stereocenters. The van der Waals surface area contributed by atoms with Crippen LogP contribution < -0.4 is 50.0 Å². The van der Waals surface area contributed by atoms with E-state index in [1.54, 1.807) is 4.68 Å². The van der Waals surface area contributed by atoms with E-state index < -0.39 is 78.5 Å². The Hall–Kier alpha value is -6.67. The molecule has 4 atom stereocenters. The van der Waals surface area contributed by atoms with Gasteiger partial charge in [-0.05, 0) is 0 Å². The zero-order valence-corrected chi connectivity index (χ0v) is 93.2. The first kappa shape index (κ1) is 139. The first-order valence-corrected chi connectivity index (χ1v) is 55.8. The summed E-state index contributed by atoms with van der Waals surface area (Å²) in [5, 5.41) is 24.6. The number of terminal acetylenes is 1. The number of carbonyl (C=O) groups excluding carboxylic acids is 10. The zero-order chi connectivity index (χ0) is 111. The number of ether oxygens (including phenoxy) is 26. The van der Waals surface area contributed by atoms with Crippen LogP contribution in [-0.2, 0) is 174 Å². The van der Waals surface area contributed by atoms with Crippen molar-refractivity contribution in [2.45, 2.75) is 124 Å². The molecule has 0 saturated carbocycles. The van der Waals surface area contributed by atoms with Gasteiger partial charge < -0.3 is 119 Å². The fourth-order valence-electron chi connectivity index (χ4n) is 11.7. The van der Waals surface area contributed by atoms with E-state index in [-0.39, 0.29) is 144 Å². The summed E-state index contributed by atoms with van der Waals surface area (Å²) in [6, 6.07) is -2.91. The molecule has 0 fully saturated rings. The Bertz CT molecular complexity index is 3500. The summed E-state index contributed by atoms with van der Waals surface area (Å²) in [6.07, 6.45) is 9.05.